The molecule has 0 N–H and O–H groups in total. The minimum Gasteiger partial charge on any atom is -0.0804 e. The van der Waals surface area contributed by atoms with Crippen LogP contribution in [0.15, 0.2) is 84.5 Å². The summed E-state index contributed by atoms with van der Waals surface area (Å²) in [6.07, 6.45) is 7.88. The van der Waals surface area contributed by atoms with Gasteiger partial charge in [-0.3, -0.25) is 0 Å². The summed E-state index contributed by atoms with van der Waals surface area (Å²) in [5.41, 5.74) is 7.46. The number of hydrogen-bond donors (Lipinski definition) is 0. The molecule has 0 fully saturated rings. The zero-order valence-electron chi connectivity index (χ0n) is 15.3. The van der Waals surface area contributed by atoms with E-state index in [4.69, 9.17) is 0 Å². The Bertz CT molecular complexity index is 1050. The van der Waals surface area contributed by atoms with Crippen LogP contribution in [-0.2, 0) is 26.2 Å². The molecule has 1 atom stereocenters. The number of rotatable bonds is 2. The topological polar surface area (TPSA) is 0 Å². The van der Waals surface area contributed by atoms with Crippen molar-refractivity contribution in [2.75, 3.05) is 0 Å². The van der Waals surface area contributed by atoms with Gasteiger partial charge in [-0.15, -0.1) is 0 Å². The summed E-state index contributed by atoms with van der Waals surface area (Å²) < 4.78 is 0. The molecule has 26 heavy (non-hydrogen) atoms. The smallest absolute Gasteiger partial charge is 0.0190 e. The van der Waals surface area contributed by atoms with Gasteiger partial charge in [0.05, 0.1) is 0 Å². The normalized spacial score (nSPS) is 17.6. The van der Waals surface area contributed by atoms with Gasteiger partial charge in [-0.2, -0.15) is 0 Å². The Morgan fingerprint density at radius 2 is 1.62 bits per heavy atom. The fourth-order valence-electron chi connectivity index (χ4n) is 4.86. The van der Waals surface area contributed by atoms with Crippen molar-refractivity contribution in [2.24, 2.45) is 5.41 Å². The van der Waals surface area contributed by atoms with Crippen molar-refractivity contribution in [3.05, 3.63) is 95.6 Å². The maximum absolute atomic E-state index is 2.41. The molecule has 2 aliphatic rings. The van der Waals surface area contributed by atoms with E-state index in [2.05, 4.69) is 92.7 Å². The summed E-state index contributed by atoms with van der Waals surface area (Å²) >= 11 is 0. The van der Waals surface area contributed by atoms with Crippen molar-refractivity contribution in [3.8, 4) is 11.1 Å². The maximum atomic E-state index is 2.41. The van der Waals surface area contributed by atoms with E-state index in [1.165, 1.54) is 38.6 Å². The van der Waals surface area contributed by atoms with Crippen LogP contribution in [0.4, 0.5) is 0 Å². The number of fused-ring (bicyclic) bond motifs is 5. The molecule has 2 aliphatic carbocycles. The van der Waals surface area contributed by atoms with Crippen LogP contribution >= 0.6 is 0 Å². The molecule has 1 heteroatoms. The van der Waals surface area contributed by atoms with Crippen LogP contribution in [0, 0.1) is 5.41 Å². The Balaban J connectivity index is 0.00000168. The molecular weight excluding hydrogens is 391 g/mol. The summed E-state index contributed by atoms with van der Waals surface area (Å²) in [6.45, 7) is 4.83. The molecule has 3 aromatic rings. The van der Waals surface area contributed by atoms with E-state index in [1.807, 2.05) is 0 Å². The molecule has 0 amide bonds. The Labute approximate surface area is 174 Å². The molecule has 0 aliphatic heterocycles. The molecule has 0 saturated heterocycles. The van der Waals surface area contributed by atoms with Gasteiger partial charge in [-0.25, -0.2) is 0 Å². The average molecular weight is 414 g/mol. The van der Waals surface area contributed by atoms with Gasteiger partial charge >= 0.3 is 0 Å². The van der Waals surface area contributed by atoms with Crippen LogP contribution in [-0.4, -0.2) is 0 Å². The van der Waals surface area contributed by atoms with Crippen molar-refractivity contribution in [1.29, 1.82) is 0 Å². The Morgan fingerprint density at radius 3 is 2.42 bits per heavy atom. The molecule has 0 nitrogen and oxygen atoms in total. The van der Waals surface area contributed by atoms with Gasteiger partial charge in [-0.05, 0) is 44.9 Å². The molecule has 0 aromatic heterocycles. The predicted molar refractivity (Wildman–Crippen MR) is 107 cm³/mol. The van der Waals surface area contributed by atoms with E-state index < -0.39 is 0 Å². The third-order valence-corrected chi connectivity index (χ3v) is 6.13. The third kappa shape index (κ3) is 2.44. The second-order valence-electron chi connectivity index (χ2n) is 7.82. The van der Waals surface area contributed by atoms with E-state index in [0.29, 0.717) is 5.92 Å². The molecule has 126 valence electrons. The first-order chi connectivity index (χ1) is 12.2. The minimum atomic E-state index is 0. The summed E-state index contributed by atoms with van der Waals surface area (Å²) in [5, 5.41) is 2.71. The third-order valence-electron chi connectivity index (χ3n) is 6.13. The summed E-state index contributed by atoms with van der Waals surface area (Å²) in [6, 6.07) is 22.5. The fourth-order valence-corrected chi connectivity index (χ4v) is 4.86. The van der Waals surface area contributed by atoms with E-state index >= 15 is 0 Å². The van der Waals surface area contributed by atoms with Gasteiger partial charge in [0.2, 0.25) is 0 Å². The van der Waals surface area contributed by atoms with Crippen LogP contribution in [0.2, 0.25) is 0 Å². The fraction of sp³-hybridized carbons (Fsp3) is 0.200. The summed E-state index contributed by atoms with van der Waals surface area (Å²) in [7, 11) is 0. The van der Waals surface area contributed by atoms with Gasteiger partial charge in [0.1, 0.15) is 0 Å². The van der Waals surface area contributed by atoms with Gasteiger partial charge in [0.15, 0.2) is 0 Å². The molecule has 3 aromatic carbocycles. The minimum absolute atomic E-state index is 0. The van der Waals surface area contributed by atoms with Crippen molar-refractivity contribution < 1.29 is 26.2 Å². The molecule has 0 heterocycles. The van der Waals surface area contributed by atoms with Gasteiger partial charge in [-0.1, -0.05) is 98.3 Å². The van der Waals surface area contributed by atoms with Gasteiger partial charge in [0, 0.05) is 32.1 Å². The van der Waals surface area contributed by atoms with Gasteiger partial charge in [0.25, 0.3) is 0 Å². The Morgan fingerprint density at radius 1 is 0.846 bits per heavy atom. The second-order valence-corrected chi connectivity index (χ2v) is 7.82. The Hall–Kier alpha value is -1.72. The van der Waals surface area contributed by atoms with Crippen molar-refractivity contribution in [3.63, 3.8) is 0 Å². The van der Waals surface area contributed by atoms with E-state index in [0.717, 1.165) is 6.42 Å². The number of allylic oxidation sites excluding steroid dienone is 4. The number of benzene rings is 3. The van der Waals surface area contributed by atoms with Crippen molar-refractivity contribution >= 4 is 10.8 Å². The zero-order chi connectivity index (χ0) is 17.0. The van der Waals surface area contributed by atoms with E-state index in [1.54, 1.807) is 0 Å². The monoisotopic (exact) mass is 412 g/mol. The quantitative estimate of drug-likeness (QED) is 0.430. The van der Waals surface area contributed by atoms with Crippen molar-refractivity contribution in [2.45, 2.75) is 26.2 Å². The second kappa shape index (κ2) is 6.47. The molecule has 0 saturated carbocycles. The number of hydrogen-bond acceptors (Lipinski definition) is 0. The van der Waals surface area contributed by atoms with Crippen molar-refractivity contribution in [1.82, 2.24) is 0 Å². The SMILES string of the molecule is CC(C)(C1=CC=CC1)C1c2ccccc2-c2c1ccc1ccccc21.[Zr]. The molecule has 1 unspecified atom stereocenters. The molecular formula is C25H22Zr. The summed E-state index contributed by atoms with van der Waals surface area (Å²) in [4.78, 5) is 0. The van der Waals surface area contributed by atoms with Crippen LogP contribution < -0.4 is 0 Å². The molecule has 0 spiro atoms. The predicted octanol–water partition coefficient (Wildman–Crippen LogP) is 6.86. The first-order valence-electron chi connectivity index (χ1n) is 9.15. The van der Waals surface area contributed by atoms with E-state index in [9.17, 15) is 0 Å². The first kappa shape index (κ1) is 17.7. The summed E-state index contributed by atoms with van der Waals surface area (Å²) in [5.74, 6) is 0.412. The largest absolute Gasteiger partial charge is 0.0804 e. The standard InChI is InChI=1S/C25H22.Zr/c1-25(2,18-10-4-5-11-18)24-21-14-8-7-13-20(21)23-19-12-6-3-9-17(19)15-16-22(23)24;/h3-10,12-16,24H,11H2,1-2H3;. The maximum Gasteiger partial charge on any atom is 0.0190 e. The van der Waals surface area contributed by atoms with Crippen LogP contribution in [0.5, 0.6) is 0 Å². The van der Waals surface area contributed by atoms with Gasteiger partial charge < -0.3 is 0 Å². The zero-order valence-corrected chi connectivity index (χ0v) is 17.7. The molecule has 0 bridgehead atoms. The molecule has 5 rings (SSSR count). The van der Waals surface area contributed by atoms with Crippen LogP contribution in [0.1, 0.15) is 37.3 Å². The van der Waals surface area contributed by atoms with E-state index in [-0.39, 0.29) is 31.6 Å². The van der Waals surface area contributed by atoms with Crippen LogP contribution in [0.3, 0.4) is 0 Å². The van der Waals surface area contributed by atoms with Crippen LogP contribution in [0.25, 0.3) is 21.9 Å². The average Bonchev–Trinajstić information content (AvgIpc) is 3.28. The molecule has 0 radical (unpaired) electrons. The Kier molecular flexibility index (Phi) is 4.40. The first-order valence-corrected chi connectivity index (χ1v) is 9.15.